The minimum atomic E-state index is -0.609. The van der Waals surface area contributed by atoms with Crippen LogP contribution in [0.25, 0.3) is 10.8 Å². The number of rotatable bonds is 3. The van der Waals surface area contributed by atoms with E-state index in [1.165, 1.54) is 5.56 Å². The highest BCUT2D eigenvalue weighted by Crippen LogP contribution is 2.38. The Balaban J connectivity index is 1.65. The van der Waals surface area contributed by atoms with Gasteiger partial charge in [0.25, 0.3) is 5.91 Å². The van der Waals surface area contributed by atoms with Crippen LogP contribution in [0.4, 0.5) is 11.4 Å². The Morgan fingerprint density at radius 2 is 1.73 bits per heavy atom. The molecule has 1 aliphatic rings. The fraction of sp³-hybridized carbons (Fsp3) is 0.182. The van der Waals surface area contributed by atoms with Gasteiger partial charge in [-0.1, -0.05) is 30.3 Å². The molecule has 4 rings (SSSR count). The molecule has 0 radical (unpaired) electrons. The zero-order valence-corrected chi connectivity index (χ0v) is 15.0. The van der Waals surface area contributed by atoms with Crippen LogP contribution in [-0.4, -0.2) is 17.9 Å². The number of nitrogens with zero attached hydrogens (tertiary/aromatic N) is 1. The molecule has 3 aromatic carbocycles. The van der Waals surface area contributed by atoms with Crippen molar-refractivity contribution >= 4 is 34.0 Å². The SMILES string of the molecule is Cc1ccc(NC(=O)[C@@H](C)N2C(=O)c3cccc4cccc2c34)cc1C. The van der Waals surface area contributed by atoms with E-state index in [1.807, 2.05) is 68.4 Å². The smallest absolute Gasteiger partial charge is 0.259 e. The fourth-order valence-corrected chi connectivity index (χ4v) is 3.51. The summed E-state index contributed by atoms with van der Waals surface area (Å²) in [6.45, 7) is 5.80. The molecule has 0 aliphatic carbocycles. The summed E-state index contributed by atoms with van der Waals surface area (Å²) in [5, 5.41) is 4.87. The van der Waals surface area contributed by atoms with Gasteiger partial charge in [0.2, 0.25) is 5.91 Å². The Morgan fingerprint density at radius 1 is 1.00 bits per heavy atom. The van der Waals surface area contributed by atoms with Gasteiger partial charge in [-0.05, 0) is 61.5 Å². The van der Waals surface area contributed by atoms with Gasteiger partial charge in [-0.3, -0.25) is 14.5 Å². The van der Waals surface area contributed by atoms with Crippen molar-refractivity contribution in [1.29, 1.82) is 0 Å². The quantitative estimate of drug-likeness (QED) is 0.763. The Bertz CT molecular complexity index is 1050. The maximum atomic E-state index is 12.9. The molecular weight excluding hydrogens is 324 g/mol. The number of benzene rings is 3. The third-order valence-electron chi connectivity index (χ3n) is 5.13. The number of hydrogen-bond acceptors (Lipinski definition) is 2. The Morgan fingerprint density at radius 3 is 2.46 bits per heavy atom. The van der Waals surface area contributed by atoms with E-state index in [0.29, 0.717) is 5.56 Å². The maximum absolute atomic E-state index is 12.9. The molecule has 2 amide bonds. The summed E-state index contributed by atoms with van der Waals surface area (Å²) in [6, 6.07) is 16.7. The van der Waals surface area contributed by atoms with E-state index in [0.717, 1.165) is 27.7 Å². The Kier molecular flexibility index (Phi) is 3.76. The first-order chi connectivity index (χ1) is 12.5. The average Bonchev–Trinajstić information content (AvgIpc) is 2.92. The lowest BCUT2D eigenvalue weighted by Crippen LogP contribution is -2.44. The molecule has 4 heteroatoms. The van der Waals surface area contributed by atoms with Crippen LogP contribution in [0.3, 0.4) is 0 Å². The molecule has 4 nitrogen and oxygen atoms in total. The molecule has 0 aromatic heterocycles. The summed E-state index contributed by atoms with van der Waals surface area (Å²) in [4.78, 5) is 27.3. The molecule has 0 fully saturated rings. The van der Waals surface area contributed by atoms with Crippen molar-refractivity contribution in [2.75, 3.05) is 10.2 Å². The van der Waals surface area contributed by atoms with Crippen molar-refractivity contribution in [2.24, 2.45) is 0 Å². The second kappa shape index (κ2) is 5.99. The van der Waals surface area contributed by atoms with E-state index in [1.54, 1.807) is 11.8 Å². The summed E-state index contributed by atoms with van der Waals surface area (Å²) in [5.41, 5.74) is 4.49. The highest BCUT2D eigenvalue weighted by molar-refractivity contribution is 6.26. The number of hydrogen-bond donors (Lipinski definition) is 1. The van der Waals surface area contributed by atoms with E-state index in [9.17, 15) is 9.59 Å². The summed E-state index contributed by atoms with van der Waals surface area (Å²) in [6.07, 6.45) is 0. The zero-order chi connectivity index (χ0) is 18.4. The topological polar surface area (TPSA) is 49.4 Å². The molecule has 0 unspecified atom stereocenters. The summed E-state index contributed by atoms with van der Waals surface area (Å²) >= 11 is 0. The first kappa shape index (κ1) is 16.3. The largest absolute Gasteiger partial charge is 0.324 e. The number of anilines is 2. The van der Waals surface area contributed by atoms with Gasteiger partial charge in [-0.25, -0.2) is 0 Å². The number of amides is 2. The van der Waals surface area contributed by atoms with E-state index < -0.39 is 6.04 Å². The van der Waals surface area contributed by atoms with Crippen LogP contribution < -0.4 is 10.2 Å². The molecule has 1 N–H and O–H groups in total. The van der Waals surface area contributed by atoms with Crippen LogP contribution in [0.2, 0.25) is 0 Å². The van der Waals surface area contributed by atoms with Crippen molar-refractivity contribution in [3.63, 3.8) is 0 Å². The third kappa shape index (κ3) is 2.46. The van der Waals surface area contributed by atoms with Crippen molar-refractivity contribution in [3.05, 3.63) is 71.3 Å². The van der Waals surface area contributed by atoms with Gasteiger partial charge in [0.15, 0.2) is 0 Å². The summed E-state index contributed by atoms with van der Waals surface area (Å²) in [5.74, 6) is -0.328. The van der Waals surface area contributed by atoms with Gasteiger partial charge in [0.1, 0.15) is 6.04 Å². The second-order valence-electron chi connectivity index (χ2n) is 6.82. The molecule has 0 saturated heterocycles. The lowest BCUT2D eigenvalue weighted by atomic mass is 10.1. The molecular formula is C22H20N2O2. The summed E-state index contributed by atoms with van der Waals surface area (Å²) in [7, 11) is 0. The minimum Gasteiger partial charge on any atom is -0.324 e. The van der Waals surface area contributed by atoms with E-state index >= 15 is 0 Å². The lowest BCUT2D eigenvalue weighted by molar-refractivity contribution is -0.117. The van der Waals surface area contributed by atoms with Crippen LogP contribution in [0.15, 0.2) is 54.6 Å². The first-order valence-electron chi connectivity index (χ1n) is 8.71. The predicted molar refractivity (Wildman–Crippen MR) is 105 cm³/mol. The van der Waals surface area contributed by atoms with Crippen molar-refractivity contribution < 1.29 is 9.59 Å². The highest BCUT2D eigenvalue weighted by Gasteiger charge is 2.35. The van der Waals surface area contributed by atoms with Gasteiger partial charge in [0, 0.05) is 16.6 Å². The molecule has 1 atom stereocenters. The average molecular weight is 344 g/mol. The number of nitrogens with one attached hydrogen (secondary N) is 1. The van der Waals surface area contributed by atoms with E-state index in [-0.39, 0.29) is 11.8 Å². The molecule has 26 heavy (non-hydrogen) atoms. The Hall–Kier alpha value is -3.14. The normalized spacial score (nSPS) is 14.0. The van der Waals surface area contributed by atoms with Gasteiger partial charge in [-0.2, -0.15) is 0 Å². The van der Waals surface area contributed by atoms with Crippen LogP contribution in [0, 0.1) is 13.8 Å². The van der Waals surface area contributed by atoms with E-state index in [4.69, 9.17) is 0 Å². The number of aryl methyl sites for hydroxylation is 2. The van der Waals surface area contributed by atoms with Crippen molar-refractivity contribution in [1.82, 2.24) is 0 Å². The van der Waals surface area contributed by atoms with Crippen LogP contribution in [-0.2, 0) is 4.79 Å². The Labute approximate surface area is 152 Å². The van der Waals surface area contributed by atoms with Gasteiger partial charge >= 0.3 is 0 Å². The number of carbonyl (C=O) groups excluding carboxylic acids is 2. The number of carbonyl (C=O) groups is 2. The van der Waals surface area contributed by atoms with Gasteiger partial charge in [0.05, 0.1) is 5.69 Å². The third-order valence-corrected chi connectivity index (χ3v) is 5.13. The first-order valence-corrected chi connectivity index (χ1v) is 8.71. The van der Waals surface area contributed by atoms with Crippen molar-refractivity contribution in [2.45, 2.75) is 26.8 Å². The van der Waals surface area contributed by atoms with Gasteiger partial charge < -0.3 is 5.32 Å². The highest BCUT2D eigenvalue weighted by atomic mass is 16.2. The van der Waals surface area contributed by atoms with Crippen molar-refractivity contribution in [3.8, 4) is 0 Å². The van der Waals surface area contributed by atoms with Gasteiger partial charge in [-0.15, -0.1) is 0 Å². The molecule has 0 saturated carbocycles. The monoisotopic (exact) mass is 344 g/mol. The van der Waals surface area contributed by atoms with Crippen LogP contribution >= 0.6 is 0 Å². The molecule has 0 bridgehead atoms. The minimum absolute atomic E-state index is 0.125. The molecule has 1 heterocycles. The predicted octanol–water partition coefficient (Wildman–Crippen LogP) is 4.44. The lowest BCUT2D eigenvalue weighted by Gasteiger charge is -2.25. The van der Waals surface area contributed by atoms with E-state index in [2.05, 4.69) is 5.32 Å². The maximum Gasteiger partial charge on any atom is 0.259 e. The molecule has 130 valence electrons. The fourth-order valence-electron chi connectivity index (χ4n) is 3.51. The zero-order valence-electron chi connectivity index (χ0n) is 15.0. The second-order valence-corrected chi connectivity index (χ2v) is 6.82. The summed E-state index contributed by atoms with van der Waals surface area (Å²) < 4.78 is 0. The van der Waals surface area contributed by atoms with Crippen LogP contribution in [0.5, 0.6) is 0 Å². The molecule has 3 aromatic rings. The molecule has 1 aliphatic heterocycles. The van der Waals surface area contributed by atoms with Crippen LogP contribution in [0.1, 0.15) is 28.4 Å². The standard InChI is InChI=1S/C22H20N2O2/c1-13-10-11-17(12-14(13)2)23-21(25)15(3)24-19-9-5-7-16-6-4-8-18(20(16)19)22(24)26/h4-12,15H,1-3H3,(H,23,25)/t15-/m1/s1. The molecule has 0 spiro atoms.